The average molecular weight is 334 g/mol. The van der Waals surface area contributed by atoms with Crippen LogP contribution in [0.4, 0.5) is 0 Å². The molecule has 3 rings (SSSR count). The van der Waals surface area contributed by atoms with Gasteiger partial charge in [-0.2, -0.15) is 0 Å². The van der Waals surface area contributed by atoms with Gasteiger partial charge in [0, 0.05) is 26.2 Å². The third-order valence-corrected chi connectivity index (χ3v) is 4.17. The van der Waals surface area contributed by atoms with Crippen LogP contribution in [-0.4, -0.2) is 0 Å². The first-order valence-electron chi connectivity index (χ1n) is 6.46. The van der Waals surface area contributed by atoms with Crippen LogP contribution in [0.25, 0.3) is 22.3 Å². The Morgan fingerprint density at radius 2 is 1.24 bits per heavy atom. The number of hydrogen-bond acceptors (Lipinski definition) is 0. The molecule has 0 aliphatic rings. The summed E-state index contributed by atoms with van der Waals surface area (Å²) in [4.78, 5) is 0. The van der Waals surface area contributed by atoms with Crippen molar-refractivity contribution in [2.75, 3.05) is 0 Å². The lowest BCUT2D eigenvalue weighted by Crippen LogP contribution is -1.87. The molecule has 0 atom stereocenters. The molecule has 0 spiro atoms. The summed E-state index contributed by atoms with van der Waals surface area (Å²) < 4.78 is 0. The van der Waals surface area contributed by atoms with E-state index < -0.39 is 0 Å². The molecule has 0 fully saturated rings. The van der Waals surface area contributed by atoms with Crippen molar-refractivity contribution in [1.82, 2.24) is 0 Å². The molecule has 21 heavy (non-hydrogen) atoms. The lowest BCUT2D eigenvalue weighted by atomic mass is 9.94. The van der Waals surface area contributed by atoms with E-state index in [1.165, 1.54) is 0 Å². The second-order valence-electron chi connectivity index (χ2n) is 4.65. The van der Waals surface area contributed by atoms with E-state index >= 15 is 0 Å². The normalized spacial score (nSPS) is 10.6. The maximum absolute atomic E-state index is 6.43. The Hall–Kier alpha value is -1.47. The zero-order chi connectivity index (χ0) is 14.8. The maximum Gasteiger partial charge on any atom is 0.0491 e. The van der Waals surface area contributed by atoms with Crippen LogP contribution in [0.15, 0.2) is 66.7 Å². The molecule has 3 aromatic carbocycles. The molecule has 0 N–H and O–H groups in total. The summed E-state index contributed by atoms with van der Waals surface area (Å²) in [5.74, 6) is 0. The van der Waals surface area contributed by atoms with Gasteiger partial charge in [-0.3, -0.25) is 0 Å². The minimum atomic E-state index is 0.667. The van der Waals surface area contributed by atoms with Gasteiger partial charge < -0.3 is 0 Å². The highest BCUT2D eigenvalue weighted by Crippen LogP contribution is 2.40. The van der Waals surface area contributed by atoms with E-state index in [2.05, 4.69) is 0 Å². The van der Waals surface area contributed by atoms with Crippen molar-refractivity contribution >= 4 is 34.8 Å². The van der Waals surface area contributed by atoms with Crippen molar-refractivity contribution in [2.45, 2.75) is 0 Å². The third kappa shape index (κ3) is 2.94. The molecule has 0 saturated heterocycles. The lowest BCUT2D eigenvalue weighted by molar-refractivity contribution is 1.58. The molecule has 0 heterocycles. The predicted molar refractivity (Wildman–Crippen MR) is 92.3 cm³/mol. The second kappa shape index (κ2) is 6.11. The highest BCUT2D eigenvalue weighted by atomic mass is 35.5. The van der Waals surface area contributed by atoms with Crippen molar-refractivity contribution in [3.63, 3.8) is 0 Å². The Morgan fingerprint density at radius 3 is 2.00 bits per heavy atom. The molecule has 3 aromatic rings. The minimum Gasteiger partial charge on any atom is -0.0843 e. The van der Waals surface area contributed by atoms with Crippen LogP contribution in [0.2, 0.25) is 15.1 Å². The molecule has 0 aliphatic heterocycles. The fourth-order valence-electron chi connectivity index (χ4n) is 2.36. The summed E-state index contributed by atoms with van der Waals surface area (Å²) in [6.07, 6.45) is 0. The third-order valence-electron chi connectivity index (χ3n) is 3.29. The van der Waals surface area contributed by atoms with Crippen LogP contribution in [0.5, 0.6) is 0 Å². The molecule has 0 saturated carbocycles. The van der Waals surface area contributed by atoms with Crippen LogP contribution in [0.3, 0.4) is 0 Å². The molecule has 3 heteroatoms. The summed E-state index contributed by atoms with van der Waals surface area (Å²) >= 11 is 18.9. The van der Waals surface area contributed by atoms with Gasteiger partial charge in [0.05, 0.1) is 0 Å². The zero-order valence-corrected chi connectivity index (χ0v) is 13.3. The molecule has 0 radical (unpaired) electrons. The van der Waals surface area contributed by atoms with Gasteiger partial charge >= 0.3 is 0 Å². The van der Waals surface area contributed by atoms with E-state index in [1.54, 1.807) is 0 Å². The first kappa shape index (κ1) is 14.5. The topological polar surface area (TPSA) is 0 Å². The Kier molecular flexibility index (Phi) is 4.21. The molecule has 0 aliphatic carbocycles. The number of halogens is 3. The van der Waals surface area contributed by atoms with E-state index in [0.29, 0.717) is 15.1 Å². The summed E-state index contributed by atoms with van der Waals surface area (Å²) in [6.45, 7) is 0. The van der Waals surface area contributed by atoms with E-state index in [1.807, 2.05) is 66.7 Å². The molecule has 0 amide bonds. The molecule has 0 aromatic heterocycles. The average Bonchev–Trinajstić information content (AvgIpc) is 2.48. The largest absolute Gasteiger partial charge is 0.0843 e. The van der Waals surface area contributed by atoms with Gasteiger partial charge in [-0.25, -0.2) is 0 Å². The van der Waals surface area contributed by atoms with E-state index in [0.717, 1.165) is 22.3 Å². The predicted octanol–water partition coefficient (Wildman–Crippen LogP) is 6.98. The fraction of sp³-hybridized carbons (Fsp3) is 0. The van der Waals surface area contributed by atoms with Gasteiger partial charge in [0.1, 0.15) is 0 Å². The zero-order valence-electron chi connectivity index (χ0n) is 11.0. The van der Waals surface area contributed by atoms with E-state index in [9.17, 15) is 0 Å². The molecule has 0 bridgehead atoms. The SMILES string of the molecule is Clc1cccc(-c2cccc(Cl)c2-c2ccccc2Cl)c1. The van der Waals surface area contributed by atoms with Crippen LogP contribution in [0.1, 0.15) is 0 Å². The van der Waals surface area contributed by atoms with Crippen LogP contribution < -0.4 is 0 Å². The Labute approximate surface area is 138 Å². The Morgan fingerprint density at radius 1 is 0.571 bits per heavy atom. The summed E-state index contributed by atoms with van der Waals surface area (Å²) in [6, 6.07) is 21.2. The van der Waals surface area contributed by atoms with Crippen molar-refractivity contribution in [2.24, 2.45) is 0 Å². The van der Waals surface area contributed by atoms with Gasteiger partial charge in [-0.1, -0.05) is 77.3 Å². The Bertz CT molecular complexity index is 794. The van der Waals surface area contributed by atoms with Gasteiger partial charge in [-0.05, 0) is 35.4 Å². The van der Waals surface area contributed by atoms with Gasteiger partial charge in [0.2, 0.25) is 0 Å². The highest BCUT2D eigenvalue weighted by molar-refractivity contribution is 6.37. The summed E-state index contributed by atoms with van der Waals surface area (Å²) in [7, 11) is 0. The molecule has 0 unspecified atom stereocenters. The molecule has 104 valence electrons. The standard InChI is InChI=1S/C18H11Cl3/c19-13-6-3-5-12(11-13)14-8-4-10-17(21)18(14)15-7-1-2-9-16(15)20/h1-11H. The van der Waals surface area contributed by atoms with Gasteiger partial charge in [0.15, 0.2) is 0 Å². The number of rotatable bonds is 2. The van der Waals surface area contributed by atoms with Crippen LogP contribution in [0, 0.1) is 0 Å². The van der Waals surface area contributed by atoms with E-state index in [-0.39, 0.29) is 0 Å². The van der Waals surface area contributed by atoms with Crippen molar-refractivity contribution in [1.29, 1.82) is 0 Å². The summed E-state index contributed by atoms with van der Waals surface area (Å²) in [5, 5.41) is 2.03. The smallest absolute Gasteiger partial charge is 0.0491 e. The summed E-state index contributed by atoms with van der Waals surface area (Å²) in [5.41, 5.74) is 3.87. The maximum atomic E-state index is 6.43. The van der Waals surface area contributed by atoms with Crippen molar-refractivity contribution in [3.8, 4) is 22.3 Å². The molecular weight excluding hydrogens is 323 g/mol. The lowest BCUT2D eigenvalue weighted by Gasteiger charge is -2.13. The quantitative estimate of drug-likeness (QED) is 0.474. The minimum absolute atomic E-state index is 0.667. The van der Waals surface area contributed by atoms with Crippen LogP contribution in [-0.2, 0) is 0 Å². The second-order valence-corrected chi connectivity index (χ2v) is 5.90. The Balaban J connectivity index is 2.29. The first-order valence-corrected chi connectivity index (χ1v) is 7.59. The monoisotopic (exact) mass is 332 g/mol. The van der Waals surface area contributed by atoms with Gasteiger partial charge in [0.25, 0.3) is 0 Å². The van der Waals surface area contributed by atoms with Gasteiger partial charge in [-0.15, -0.1) is 0 Å². The highest BCUT2D eigenvalue weighted by Gasteiger charge is 2.13. The number of hydrogen-bond donors (Lipinski definition) is 0. The van der Waals surface area contributed by atoms with E-state index in [4.69, 9.17) is 34.8 Å². The first-order chi connectivity index (χ1) is 10.2. The van der Waals surface area contributed by atoms with Crippen LogP contribution >= 0.6 is 34.8 Å². The molecular formula is C18H11Cl3. The molecule has 0 nitrogen and oxygen atoms in total. The fourth-order valence-corrected chi connectivity index (χ4v) is 3.06. The van der Waals surface area contributed by atoms with Crippen molar-refractivity contribution < 1.29 is 0 Å². The number of benzene rings is 3. The van der Waals surface area contributed by atoms with Crippen molar-refractivity contribution in [3.05, 3.63) is 81.8 Å².